The summed E-state index contributed by atoms with van der Waals surface area (Å²) in [7, 11) is 0. The molecule has 154 valence electrons. The second kappa shape index (κ2) is 8.87. The molecule has 1 atom stereocenters. The number of piperazine rings is 1. The molecule has 5 nitrogen and oxygen atoms in total. The van der Waals surface area contributed by atoms with E-state index in [4.69, 9.17) is 0 Å². The molecule has 1 amide bonds. The van der Waals surface area contributed by atoms with E-state index in [2.05, 4.69) is 38.6 Å². The number of rotatable bonds is 7. The summed E-state index contributed by atoms with van der Waals surface area (Å²) in [5.74, 6) is 0.930. The van der Waals surface area contributed by atoms with Gasteiger partial charge in [0.05, 0.1) is 0 Å². The number of amides is 1. The number of hydrogen-bond acceptors (Lipinski definition) is 4. The first-order valence-electron chi connectivity index (χ1n) is 10.8. The lowest BCUT2D eigenvalue weighted by Gasteiger charge is -2.36. The van der Waals surface area contributed by atoms with Gasteiger partial charge in [0.2, 0.25) is 5.91 Å². The van der Waals surface area contributed by atoms with Crippen LogP contribution >= 0.6 is 0 Å². The Labute approximate surface area is 174 Å². The van der Waals surface area contributed by atoms with Crippen LogP contribution in [0.2, 0.25) is 0 Å². The van der Waals surface area contributed by atoms with Gasteiger partial charge < -0.3 is 15.5 Å². The van der Waals surface area contributed by atoms with Crippen molar-refractivity contribution < 1.29 is 4.79 Å². The smallest absolute Gasteiger partial charge is 0.246 e. The molecule has 2 aromatic carbocycles. The average molecular weight is 393 g/mol. The van der Waals surface area contributed by atoms with Gasteiger partial charge in [-0.25, -0.2) is 0 Å². The van der Waals surface area contributed by atoms with Crippen LogP contribution in [0.15, 0.2) is 48.5 Å². The molecule has 2 fully saturated rings. The fourth-order valence-corrected chi connectivity index (χ4v) is 3.92. The van der Waals surface area contributed by atoms with Gasteiger partial charge in [-0.15, -0.1) is 0 Å². The second-order valence-electron chi connectivity index (χ2n) is 8.45. The number of nitrogens with one attached hydrogen (secondary N) is 2. The van der Waals surface area contributed by atoms with E-state index >= 15 is 0 Å². The molecule has 1 aliphatic heterocycles. The minimum absolute atomic E-state index is 0.0293. The van der Waals surface area contributed by atoms with Crippen LogP contribution in [-0.2, 0) is 4.79 Å². The van der Waals surface area contributed by atoms with Crippen LogP contribution < -0.4 is 15.5 Å². The van der Waals surface area contributed by atoms with Crippen LogP contribution in [0.4, 0.5) is 17.1 Å². The van der Waals surface area contributed by atoms with E-state index in [0.717, 1.165) is 49.0 Å². The SMILES string of the molecule is Cc1ccccc1NC(=O)C(C)Nc1cccc(N2CCN(CC3CC3)CC2)c1. The van der Waals surface area contributed by atoms with Crippen molar-refractivity contribution in [1.82, 2.24) is 4.90 Å². The number of carbonyl (C=O) groups excluding carboxylic acids is 1. The van der Waals surface area contributed by atoms with E-state index in [-0.39, 0.29) is 11.9 Å². The van der Waals surface area contributed by atoms with E-state index in [9.17, 15) is 4.79 Å². The van der Waals surface area contributed by atoms with Gasteiger partial charge in [-0.05, 0) is 62.4 Å². The standard InChI is InChI=1S/C24H32N4O/c1-18-6-3-4-9-23(18)26-24(29)19(2)25-21-7-5-8-22(16-21)28-14-12-27(13-15-28)17-20-10-11-20/h3-9,16,19-20,25H,10-15,17H2,1-2H3,(H,26,29). The van der Waals surface area contributed by atoms with E-state index in [1.54, 1.807) is 0 Å². The second-order valence-corrected chi connectivity index (χ2v) is 8.45. The van der Waals surface area contributed by atoms with Crippen LogP contribution in [0, 0.1) is 12.8 Å². The minimum atomic E-state index is -0.319. The number of para-hydroxylation sites is 1. The summed E-state index contributed by atoms with van der Waals surface area (Å²) in [4.78, 5) is 17.7. The highest BCUT2D eigenvalue weighted by molar-refractivity contribution is 5.96. The van der Waals surface area contributed by atoms with Crippen molar-refractivity contribution in [2.45, 2.75) is 32.7 Å². The van der Waals surface area contributed by atoms with Gasteiger partial charge in [0.25, 0.3) is 0 Å². The molecule has 0 spiro atoms. The minimum Gasteiger partial charge on any atom is -0.374 e. The summed E-state index contributed by atoms with van der Waals surface area (Å²) in [6, 6.07) is 16.0. The normalized spacial score (nSPS) is 18.3. The Morgan fingerprint density at radius 2 is 1.83 bits per heavy atom. The fourth-order valence-electron chi connectivity index (χ4n) is 3.92. The highest BCUT2D eigenvalue weighted by Gasteiger charge is 2.26. The van der Waals surface area contributed by atoms with Crippen LogP contribution in [0.25, 0.3) is 0 Å². The zero-order valence-electron chi connectivity index (χ0n) is 17.5. The molecule has 1 saturated carbocycles. The van der Waals surface area contributed by atoms with Gasteiger partial charge in [-0.2, -0.15) is 0 Å². The fraction of sp³-hybridized carbons (Fsp3) is 0.458. The Morgan fingerprint density at radius 3 is 2.55 bits per heavy atom. The maximum atomic E-state index is 12.6. The molecule has 0 bridgehead atoms. The molecule has 2 aromatic rings. The summed E-state index contributed by atoms with van der Waals surface area (Å²) < 4.78 is 0. The highest BCUT2D eigenvalue weighted by Crippen LogP contribution is 2.30. The number of nitrogens with zero attached hydrogens (tertiary/aromatic N) is 2. The number of aryl methyl sites for hydroxylation is 1. The van der Waals surface area contributed by atoms with Crippen LogP contribution in [0.5, 0.6) is 0 Å². The molecule has 5 heteroatoms. The Balaban J connectivity index is 1.32. The number of carbonyl (C=O) groups is 1. The number of hydrogen-bond donors (Lipinski definition) is 2. The van der Waals surface area contributed by atoms with Crippen molar-refractivity contribution >= 4 is 23.0 Å². The van der Waals surface area contributed by atoms with E-state index in [1.807, 2.05) is 44.2 Å². The Hall–Kier alpha value is -2.53. The van der Waals surface area contributed by atoms with Gasteiger partial charge in [0, 0.05) is 49.8 Å². The summed E-state index contributed by atoms with van der Waals surface area (Å²) >= 11 is 0. The third kappa shape index (κ3) is 5.30. The molecule has 0 aromatic heterocycles. The third-order valence-electron chi connectivity index (χ3n) is 5.98. The predicted molar refractivity (Wildman–Crippen MR) is 121 cm³/mol. The van der Waals surface area contributed by atoms with Crippen molar-refractivity contribution in [2.75, 3.05) is 48.3 Å². The first-order valence-corrected chi connectivity index (χ1v) is 10.8. The monoisotopic (exact) mass is 392 g/mol. The highest BCUT2D eigenvalue weighted by atomic mass is 16.2. The summed E-state index contributed by atoms with van der Waals surface area (Å²) in [6.07, 6.45) is 2.84. The predicted octanol–water partition coefficient (Wildman–Crippen LogP) is 3.97. The molecule has 1 heterocycles. The number of benzene rings is 2. The number of anilines is 3. The third-order valence-corrected chi connectivity index (χ3v) is 5.98. The zero-order valence-corrected chi connectivity index (χ0v) is 17.5. The molecule has 1 saturated heterocycles. The van der Waals surface area contributed by atoms with Crippen molar-refractivity contribution in [2.24, 2.45) is 5.92 Å². The summed E-state index contributed by atoms with van der Waals surface area (Å²) in [5.41, 5.74) is 4.14. The first kappa shape index (κ1) is 19.8. The molecule has 1 unspecified atom stereocenters. The van der Waals surface area contributed by atoms with Crippen molar-refractivity contribution in [3.63, 3.8) is 0 Å². The van der Waals surface area contributed by atoms with Crippen molar-refractivity contribution in [1.29, 1.82) is 0 Å². The van der Waals surface area contributed by atoms with Crippen LogP contribution in [-0.4, -0.2) is 49.6 Å². The Bertz CT molecular complexity index is 840. The van der Waals surface area contributed by atoms with Gasteiger partial charge in [0.1, 0.15) is 6.04 Å². The van der Waals surface area contributed by atoms with Gasteiger partial charge in [-0.3, -0.25) is 9.69 Å². The Morgan fingerprint density at radius 1 is 1.07 bits per heavy atom. The van der Waals surface area contributed by atoms with E-state index in [1.165, 1.54) is 25.1 Å². The van der Waals surface area contributed by atoms with Gasteiger partial charge in [-0.1, -0.05) is 24.3 Å². The molecule has 2 aliphatic rings. The van der Waals surface area contributed by atoms with Gasteiger partial charge in [0.15, 0.2) is 0 Å². The zero-order chi connectivity index (χ0) is 20.2. The maximum Gasteiger partial charge on any atom is 0.246 e. The largest absolute Gasteiger partial charge is 0.374 e. The molecule has 29 heavy (non-hydrogen) atoms. The molecule has 4 rings (SSSR count). The lowest BCUT2D eigenvalue weighted by molar-refractivity contribution is -0.116. The first-order chi connectivity index (χ1) is 14.1. The quantitative estimate of drug-likeness (QED) is 0.749. The van der Waals surface area contributed by atoms with Crippen molar-refractivity contribution in [3.8, 4) is 0 Å². The van der Waals surface area contributed by atoms with E-state index < -0.39 is 0 Å². The Kier molecular flexibility index (Phi) is 6.05. The molecule has 1 aliphatic carbocycles. The molecular formula is C24H32N4O. The lowest BCUT2D eigenvalue weighted by atomic mass is 10.2. The van der Waals surface area contributed by atoms with E-state index in [0.29, 0.717) is 0 Å². The molecule has 0 radical (unpaired) electrons. The molecule has 2 N–H and O–H groups in total. The molecular weight excluding hydrogens is 360 g/mol. The average Bonchev–Trinajstić information content (AvgIpc) is 3.54. The summed E-state index contributed by atoms with van der Waals surface area (Å²) in [6.45, 7) is 9.60. The van der Waals surface area contributed by atoms with Crippen LogP contribution in [0.1, 0.15) is 25.3 Å². The summed E-state index contributed by atoms with van der Waals surface area (Å²) in [5, 5.41) is 6.37. The van der Waals surface area contributed by atoms with Crippen molar-refractivity contribution in [3.05, 3.63) is 54.1 Å². The van der Waals surface area contributed by atoms with Crippen LogP contribution in [0.3, 0.4) is 0 Å². The maximum absolute atomic E-state index is 12.6. The van der Waals surface area contributed by atoms with Gasteiger partial charge >= 0.3 is 0 Å². The topological polar surface area (TPSA) is 47.6 Å². The lowest BCUT2D eigenvalue weighted by Crippen LogP contribution is -2.47.